The molecular weight excluding hydrogens is 362 g/mol. The van der Waals surface area contributed by atoms with Crippen molar-refractivity contribution >= 4 is 22.7 Å². The Bertz CT molecular complexity index is 1050. The molecule has 2 heterocycles. The van der Waals surface area contributed by atoms with Crippen molar-refractivity contribution in [1.82, 2.24) is 14.8 Å². The van der Waals surface area contributed by atoms with Crippen molar-refractivity contribution in [3.8, 4) is 0 Å². The van der Waals surface area contributed by atoms with E-state index in [0.717, 1.165) is 27.7 Å². The highest BCUT2D eigenvalue weighted by molar-refractivity contribution is 5.94. The molecule has 1 aliphatic heterocycles. The van der Waals surface area contributed by atoms with Crippen LogP contribution >= 0.6 is 0 Å². The van der Waals surface area contributed by atoms with Gasteiger partial charge >= 0.3 is 0 Å². The van der Waals surface area contributed by atoms with Crippen LogP contribution in [0.5, 0.6) is 0 Å². The van der Waals surface area contributed by atoms with Crippen molar-refractivity contribution in [2.75, 3.05) is 26.2 Å². The van der Waals surface area contributed by atoms with E-state index in [1.54, 1.807) is 0 Å². The molecule has 0 radical (unpaired) electrons. The average molecular weight is 387 g/mol. The summed E-state index contributed by atoms with van der Waals surface area (Å²) in [5.41, 5.74) is 4.70. The Labute approximate surface area is 171 Å². The smallest absolute Gasteiger partial charge is 0.253 e. The van der Waals surface area contributed by atoms with Crippen molar-refractivity contribution in [2.45, 2.75) is 20.3 Å². The molecule has 0 atom stereocenters. The SMILES string of the molecule is Cc1nc2ccccc2c(C)c1CC(=O)N1CCN(C(=O)c2ccccc2)CC1. The summed E-state index contributed by atoms with van der Waals surface area (Å²) in [6.07, 6.45) is 0.349. The van der Waals surface area contributed by atoms with Crippen molar-refractivity contribution in [2.24, 2.45) is 0 Å². The Morgan fingerprint density at radius 2 is 1.48 bits per heavy atom. The van der Waals surface area contributed by atoms with Crippen LogP contribution in [0.25, 0.3) is 10.9 Å². The van der Waals surface area contributed by atoms with E-state index in [9.17, 15) is 9.59 Å². The summed E-state index contributed by atoms with van der Waals surface area (Å²) in [7, 11) is 0. The Balaban J connectivity index is 1.43. The second kappa shape index (κ2) is 8.03. The van der Waals surface area contributed by atoms with Crippen LogP contribution in [0.15, 0.2) is 54.6 Å². The molecule has 5 nitrogen and oxygen atoms in total. The zero-order chi connectivity index (χ0) is 20.4. The van der Waals surface area contributed by atoms with Gasteiger partial charge in [-0.15, -0.1) is 0 Å². The number of benzene rings is 2. The van der Waals surface area contributed by atoms with Crippen molar-refractivity contribution in [3.63, 3.8) is 0 Å². The number of hydrogen-bond donors (Lipinski definition) is 0. The normalized spacial score (nSPS) is 14.3. The lowest BCUT2D eigenvalue weighted by atomic mass is 9.99. The minimum Gasteiger partial charge on any atom is -0.339 e. The Morgan fingerprint density at radius 3 is 2.21 bits per heavy atom. The number of nitrogens with zero attached hydrogens (tertiary/aromatic N) is 3. The number of amides is 2. The summed E-state index contributed by atoms with van der Waals surface area (Å²) in [4.78, 5) is 33.9. The molecule has 2 amide bonds. The topological polar surface area (TPSA) is 53.5 Å². The molecule has 148 valence electrons. The summed E-state index contributed by atoms with van der Waals surface area (Å²) in [6, 6.07) is 17.3. The Hall–Kier alpha value is -3.21. The predicted octanol–water partition coefficient (Wildman–Crippen LogP) is 3.38. The van der Waals surface area contributed by atoms with Crippen LogP contribution in [-0.2, 0) is 11.2 Å². The van der Waals surface area contributed by atoms with Crippen LogP contribution in [0.4, 0.5) is 0 Å². The largest absolute Gasteiger partial charge is 0.339 e. The third kappa shape index (κ3) is 3.86. The minimum atomic E-state index is 0.0307. The van der Waals surface area contributed by atoms with Crippen LogP contribution < -0.4 is 0 Å². The van der Waals surface area contributed by atoms with Gasteiger partial charge in [0.05, 0.1) is 11.9 Å². The van der Waals surface area contributed by atoms with Crippen molar-refractivity contribution in [3.05, 3.63) is 77.0 Å². The standard InChI is InChI=1S/C24H25N3O2/c1-17-20-10-6-7-11-22(20)25-18(2)21(17)16-23(28)26-12-14-27(15-13-26)24(29)19-8-4-3-5-9-19/h3-11H,12-16H2,1-2H3. The summed E-state index contributed by atoms with van der Waals surface area (Å²) < 4.78 is 0. The number of carbonyl (C=O) groups is 2. The van der Waals surface area contributed by atoms with Gasteiger partial charge in [0.2, 0.25) is 5.91 Å². The lowest BCUT2D eigenvalue weighted by molar-refractivity contribution is -0.131. The number of carbonyl (C=O) groups excluding carboxylic acids is 2. The van der Waals surface area contributed by atoms with Gasteiger partial charge in [0.25, 0.3) is 5.91 Å². The number of aryl methyl sites for hydroxylation is 2. The number of fused-ring (bicyclic) bond motifs is 1. The lowest BCUT2D eigenvalue weighted by Gasteiger charge is -2.35. The molecule has 0 spiro atoms. The molecule has 0 N–H and O–H groups in total. The summed E-state index contributed by atoms with van der Waals surface area (Å²) >= 11 is 0. The van der Waals surface area contributed by atoms with E-state index >= 15 is 0 Å². The van der Waals surface area contributed by atoms with Crippen LogP contribution in [0.2, 0.25) is 0 Å². The first-order chi connectivity index (χ1) is 14.0. The van der Waals surface area contributed by atoms with Crippen LogP contribution in [0.1, 0.15) is 27.2 Å². The van der Waals surface area contributed by atoms with Gasteiger partial charge in [-0.3, -0.25) is 14.6 Å². The number of rotatable bonds is 3. The first-order valence-electron chi connectivity index (χ1n) is 10.0. The van der Waals surface area contributed by atoms with Crippen LogP contribution in [0.3, 0.4) is 0 Å². The second-order valence-electron chi connectivity index (χ2n) is 7.53. The molecule has 1 aromatic heterocycles. The van der Waals surface area contributed by atoms with Gasteiger partial charge in [-0.1, -0.05) is 36.4 Å². The number of pyridine rings is 1. The molecule has 3 aromatic rings. The first kappa shape index (κ1) is 19.1. The third-order valence-corrected chi connectivity index (χ3v) is 5.75. The molecular formula is C24H25N3O2. The zero-order valence-corrected chi connectivity index (χ0v) is 16.9. The summed E-state index contributed by atoms with van der Waals surface area (Å²) in [5, 5.41) is 1.10. The van der Waals surface area contributed by atoms with Gasteiger partial charge in [0.15, 0.2) is 0 Å². The number of hydrogen-bond acceptors (Lipinski definition) is 3. The maximum atomic E-state index is 12.9. The monoisotopic (exact) mass is 387 g/mol. The molecule has 5 heteroatoms. The van der Waals surface area contributed by atoms with Crippen molar-refractivity contribution in [1.29, 1.82) is 0 Å². The predicted molar refractivity (Wildman–Crippen MR) is 114 cm³/mol. The van der Waals surface area contributed by atoms with E-state index in [-0.39, 0.29) is 11.8 Å². The molecule has 29 heavy (non-hydrogen) atoms. The Kier molecular flexibility index (Phi) is 5.30. The fourth-order valence-corrected chi connectivity index (χ4v) is 4.02. The molecule has 0 aliphatic carbocycles. The van der Waals surface area contributed by atoms with E-state index < -0.39 is 0 Å². The van der Waals surface area contributed by atoms with Gasteiger partial charge in [0, 0.05) is 42.8 Å². The van der Waals surface area contributed by atoms with Gasteiger partial charge in [-0.25, -0.2) is 0 Å². The zero-order valence-electron chi connectivity index (χ0n) is 16.9. The number of para-hydroxylation sites is 1. The molecule has 0 unspecified atom stereocenters. The van der Waals surface area contributed by atoms with Gasteiger partial charge in [0.1, 0.15) is 0 Å². The maximum Gasteiger partial charge on any atom is 0.253 e. The third-order valence-electron chi connectivity index (χ3n) is 5.75. The molecule has 4 rings (SSSR count). The molecule has 1 fully saturated rings. The number of aromatic nitrogens is 1. The van der Waals surface area contributed by atoms with E-state index in [1.807, 2.05) is 65.3 Å². The highest BCUT2D eigenvalue weighted by atomic mass is 16.2. The fraction of sp³-hybridized carbons (Fsp3) is 0.292. The van der Waals surface area contributed by atoms with E-state index in [4.69, 9.17) is 0 Å². The van der Waals surface area contributed by atoms with Gasteiger partial charge < -0.3 is 9.80 Å². The highest BCUT2D eigenvalue weighted by Crippen LogP contribution is 2.23. The Morgan fingerprint density at radius 1 is 0.862 bits per heavy atom. The van der Waals surface area contributed by atoms with E-state index in [2.05, 4.69) is 18.0 Å². The quantitative estimate of drug-likeness (QED) is 0.692. The molecule has 2 aromatic carbocycles. The second-order valence-corrected chi connectivity index (χ2v) is 7.53. The average Bonchev–Trinajstić information content (AvgIpc) is 2.76. The van der Waals surface area contributed by atoms with Crippen molar-refractivity contribution < 1.29 is 9.59 Å². The van der Waals surface area contributed by atoms with E-state index in [0.29, 0.717) is 38.2 Å². The minimum absolute atomic E-state index is 0.0307. The molecule has 0 saturated carbocycles. The van der Waals surface area contributed by atoms with Crippen LogP contribution in [0, 0.1) is 13.8 Å². The number of piperazine rings is 1. The fourth-order valence-electron chi connectivity index (χ4n) is 4.02. The molecule has 0 bridgehead atoms. The highest BCUT2D eigenvalue weighted by Gasteiger charge is 2.25. The van der Waals surface area contributed by atoms with Gasteiger partial charge in [-0.05, 0) is 43.2 Å². The van der Waals surface area contributed by atoms with Crippen LogP contribution in [-0.4, -0.2) is 52.8 Å². The summed E-state index contributed by atoms with van der Waals surface area (Å²) in [5.74, 6) is 0.128. The summed E-state index contributed by atoms with van der Waals surface area (Å²) in [6.45, 7) is 6.29. The molecule has 1 saturated heterocycles. The van der Waals surface area contributed by atoms with Gasteiger partial charge in [-0.2, -0.15) is 0 Å². The molecule has 1 aliphatic rings. The van der Waals surface area contributed by atoms with E-state index in [1.165, 1.54) is 0 Å². The maximum absolute atomic E-state index is 12.9. The first-order valence-corrected chi connectivity index (χ1v) is 10.0. The lowest BCUT2D eigenvalue weighted by Crippen LogP contribution is -2.51.